The largest absolute Gasteiger partial charge is 0.339 e. The first kappa shape index (κ1) is 11.6. The van der Waals surface area contributed by atoms with Gasteiger partial charge in [-0.05, 0) is 31.1 Å². The monoisotopic (exact) mass is 223 g/mol. The zero-order chi connectivity index (χ0) is 11.9. The third-order valence-corrected chi connectivity index (χ3v) is 4.34. The van der Waals surface area contributed by atoms with Gasteiger partial charge in [-0.15, -0.1) is 0 Å². The molecule has 0 spiro atoms. The number of rotatable bonds is 1. The van der Waals surface area contributed by atoms with Crippen LogP contribution >= 0.6 is 0 Å². The Kier molecular flexibility index (Phi) is 2.78. The fourth-order valence-corrected chi connectivity index (χ4v) is 2.75. The van der Waals surface area contributed by atoms with E-state index in [9.17, 15) is 0 Å². The second-order valence-electron chi connectivity index (χ2n) is 5.58. The second-order valence-corrected chi connectivity index (χ2v) is 5.58. The van der Waals surface area contributed by atoms with Crippen molar-refractivity contribution in [3.63, 3.8) is 0 Å². The average molecular weight is 223 g/mol. The summed E-state index contributed by atoms with van der Waals surface area (Å²) in [7, 11) is 0. The van der Waals surface area contributed by atoms with Crippen molar-refractivity contribution in [2.45, 2.75) is 52.5 Å². The maximum atomic E-state index is 6.13. The van der Waals surface area contributed by atoms with Crippen LogP contribution in [-0.2, 0) is 0 Å². The maximum absolute atomic E-state index is 6.13. The number of nitrogens with zero attached hydrogens (tertiary/aromatic N) is 2. The Labute approximate surface area is 96.6 Å². The zero-order valence-corrected chi connectivity index (χ0v) is 10.5. The number of hydrogen-bond acceptors (Lipinski definition) is 4. The van der Waals surface area contributed by atoms with Crippen LogP contribution in [0.25, 0.3) is 0 Å². The van der Waals surface area contributed by atoms with Crippen molar-refractivity contribution in [1.82, 2.24) is 10.1 Å². The predicted octanol–water partition coefficient (Wildman–Crippen LogP) is 2.25. The summed E-state index contributed by atoms with van der Waals surface area (Å²) in [4.78, 5) is 4.37. The minimum absolute atomic E-state index is 0.122. The lowest BCUT2D eigenvalue weighted by atomic mass is 9.61. The molecule has 4 heteroatoms. The maximum Gasteiger partial charge on any atom is 0.230 e. The minimum Gasteiger partial charge on any atom is -0.339 e. The second kappa shape index (κ2) is 3.84. The number of nitrogens with two attached hydrogens (primary N) is 1. The molecule has 1 aliphatic carbocycles. The summed E-state index contributed by atoms with van der Waals surface area (Å²) >= 11 is 0. The smallest absolute Gasteiger partial charge is 0.230 e. The molecule has 90 valence electrons. The first-order chi connectivity index (χ1) is 7.43. The summed E-state index contributed by atoms with van der Waals surface area (Å²) in [6.45, 7) is 8.58. The standard InChI is InChI=1S/C12H21N3O/c1-7-10(13)6-5-9(12(7,3)4)11-14-8(2)15-16-11/h7,9-10H,5-6,13H2,1-4H3. The van der Waals surface area contributed by atoms with Gasteiger partial charge in [-0.1, -0.05) is 25.9 Å². The first-order valence-corrected chi connectivity index (χ1v) is 5.98. The van der Waals surface area contributed by atoms with Crippen molar-refractivity contribution >= 4 is 0 Å². The molecule has 0 aromatic carbocycles. The third kappa shape index (κ3) is 1.75. The van der Waals surface area contributed by atoms with Crippen LogP contribution in [0.2, 0.25) is 0 Å². The average Bonchev–Trinajstić information content (AvgIpc) is 2.61. The van der Waals surface area contributed by atoms with Crippen LogP contribution in [-0.4, -0.2) is 16.2 Å². The molecule has 1 aromatic rings. The van der Waals surface area contributed by atoms with Gasteiger partial charge in [-0.2, -0.15) is 4.98 Å². The van der Waals surface area contributed by atoms with Crippen LogP contribution in [0.15, 0.2) is 4.52 Å². The van der Waals surface area contributed by atoms with Gasteiger partial charge in [-0.3, -0.25) is 0 Å². The summed E-state index contributed by atoms with van der Waals surface area (Å²) in [5, 5.41) is 3.88. The van der Waals surface area contributed by atoms with Crippen molar-refractivity contribution in [1.29, 1.82) is 0 Å². The molecule has 1 aromatic heterocycles. The molecule has 4 nitrogen and oxygen atoms in total. The Morgan fingerprint density at radius 3 is 2.62 bits per heavy atom. The van der Waals surface area contributed by atoms with E-state index in [0.29, 0.717) is 17.7 Å². The molecule has 2 rings (SSSR count). The van der Waals surface area contributed by atoms with Gasteiger partial charge < -0.3 is 10.3 Å². The molecular formula is C12H21N3O. The highest BCUT2D eigenvalue weighted by atomic mass is 16.5. The fraction of sp³-hybridized carbons (Fsp3) is 0.833. The third-order valence-electron chi connectivity index (χ3n) is 4.34. The van der Waals surface area contributed by atoms with Crippen molar-refractivity contribution in [2.24, 2.45) is 17.1 Å². The van der Waals surface area contributed by atoms with E-state index in [1.54, 1.807) is 0 Å². The van der Waals surface area contributed by atoms with Crippen LogP contribution < -0.4 is 5.73 Å². The fourth-order valence-electron chi connectivity index (χ4n) is 2.75. The van der Waals surface area contributed by atoms with Gasteiger partial charge in [0.25, 0.3) is 0 Å². The lowest BCUT2D eigenvalue weighted by molar-refractivity contribution is 0.0806. The Morgan fingerprint density at radius 2 is 2.06 bits per heavy atom. The molecule has 1 fully saturated rings. The summed E-state index contributed by atoms with van der Waals surface area (Å²) < 4.78 is 5.32. The molecule has 1 aliphatic rings. The Bertz CT molecular complexity index is 372. The molecule has 3 atom stereocenters. The van der Waals surface area contributed by atoms with Crippen LogP contribution in [0.1, 0.15) is 51.2 Å². The van der Waals surface area contributed by atoms with Gasteiger partial charge in [0.1, 0.15) is 0 Å². The van der Waals surface area contributed by atoms with E-state index < -0.39 is 0 Å². The summed E-state index contributed by atoms with van der Waals surface area (Å²) in [6.07, 6.45) is 2.08. The van der Waals surface area contributed by atoms with Gasteiger partial charge in [0.15, 0.2) is 5.82 Å². The molecule has 0 aliphatic heterocycles. The first-order valence-electron chi connectivity index (χ1n) is 5.98. The zero-order valence-electron chi connectivity index (χ0n) is 10.5. The summed E-state index contributed by atoms with van der Waals surface area (Å²) in [5.74, 6) is 2.30. The van der Waals surface area contributed by atoms with Crippen LogP contribution in [0.4, 0.5) is 0 Å². The van der Waals surface area contributed by atoms with Crippen molar-refractivity contribution < 1.29 is 4.52 Å². The molecule has 0 saturated heterocycles. The molecule has 0 amide bonds. The molecule has 0 radical (unpaired) electrons. The van der Waals surface area contributed by atoms with E-state index in [2.05, 4.69) is 30.9 Å². The molecular weight excluding hydrogens is 202 g/mol. The normalized spacial score (nSPS) is 33.9. The highest BCUT2D eigenvalue weighted by Crippen LogP contribution is 2.49. The highest BCUT2D eigenvalue weighted by Gasteiger charge is 2.44. The minimum atomic E-state index is 0.122. The van der Waals surface area contributed by atoms with E-state index in [-0.39, 0.29) is 11.5 Å². The van der Waals surface area contributed by atoms with Gasteiger partial charge in [-0.25, -0.2) is 0 Å². The van der Waals surface area contributed by atoms with E-state index in [0.717, 1.165) is 18.7 Å². The SMILES string of the molecule is Cc1noc(C2CCC(N)C(C)C2(C)C)n1. The number of hydrogen-bond donors (Lipinski definition) is 1. The van der Waals surface area contributed by atoms with Crippen molar-refractivity contribution in [3.8, 4) is 0 Å². The molecule has 16 heavy (non-hydrogen) atoms. The summed E-state index contributed by atoms with van der Waals surface area (Å²) in [6, 6.07) is 0.287. The quantitative estimate of drug-likeness (QED) is 0.793. The van der Waals surface area contributed by atoms with E-state index in [1.165, 1.54) is 0 Å². The molecule has 1 heterocycles. The van der Waals surface area contributed by atoms with Crippen LogP contribution in [0, 0.1) is 18.3 Å². The lowest BCUT2D eigenvalue weighted by Gasteiger charge is -2.45. The molecule has 0 bridgehead atoms. The number of aromatic nitrogens is 2. The molecule has 3 unspecified atom stereocenters. The van der Waals surface area contributed by atoms with E-state index in [1.807, 2.05) is 6.92 Å². The summed E-state index contributed by atoms with van der Waals surface area (Å²) in [5.41, 5.74) is 6.25. The van der Waals surface area contributed by atoms with Gasteiger partial charge in [0, 0.05) is 12.0 Å². The van der Waals surface area contributed by atoms with E-state index in [4.69, 9.17) is 10.3 Å². The predicted molar refractivity (Wildman–Crippen MR) is 61.9 cm³/mol. The van der Waals surface area contributed by atoms with E-state index >= 15 is 0 Å². The van der Waals surface area contributed by atoms with Gasteiger partial charge in [0.2, 0.25) is 5.89 Å². The Morgan fingerprint density at radius 1 is 1.38 bits per heavy atom. The topological polar surface area (TPSA) is 64.9 Å². The Balaban J connectivity index is 2.28. The van der Waals surface area contributed by atoms with Crippen molar-refractivity contribution in [3.05, 3.63) is 11.7 Å². The molecule has 2 N–H and O–H groups in total. The Hall–Kier alpha value is -0.900. The number of aryl methyl sites for hydroxylation is 1. The lowest BCUT2D eigenvalue weighted by Crippen LogP contribution is -2.45. The highest BCUT2D eigenvalue weighted by molar-refractivity contribution is 5.06. The molecule has 1 saturated carbocycles. The van der Waals surface area contributed by atoms with Gasteiger partial charge in [0.05, 0.1) is 0 Å². The van der Waals surface area contributed by atoms with Crippen LogP contribution in [0.3, 0.4) is 0 Å². The van der Waals surface area contributed by atoms with Crippen molar-refractivity contribution in [2.75, 3.05) is 0 Å². The van der Waals surface area contributed by atoms with Crippen LogP contribution in [0.5, 0.6) is 0 Å². The van der Waals surface area contributed by atoms with Gasteiger partial charge >= 0.3 is 0 Å².